The van der Waals surface area contributed by atoms with Crippen LogP contribution in [0.15, 0.2) is 12.7 Å². The van der Waals surface area contributed by atoms with Crippen LogP contribution in [-0.2, 0) is 4.79 Å². The highest BCUT2D eigenvalue weighted by Gasteiger charge is 2.05. The lowest BCUT2D eigenvalue weighted by Crippen LogP contribution is -2.10. The molecule has 0 aromatic rings. The Bertz CT molecular complexity index is 165. The zero-order chi connectivity index (χ0) is 7.98. The maximum atomic E-state index is 10.6. The van der Waals surface area contributed by atoms with E-state index in [-0.39, 0.29) is 18.6 Å². The van der Waals surface area contributed by atoms with E-state index in [0.717, 1.165) is 0 Å². The highest BCUT2D eigenvalue weighted by molar-refractivity contribution is 5.89. The van der Waals surface area contributed by atoms with Crippen molar-refractivity contribution in [3.63, 3.8) is 0 Å². The summed E-state index contributed by atoms with van der Waals surface area (Å²) in [6.45, 7) is 3.26. The van der Waals surface area contributed by atoms with Gasteiger partial charge in [-0.05, 0) is 6.08 Å². The summed E-state index contributed by atoms with van der Waals surface area (Å²) < 4.78 is 0. The van der Waals surface area contributed by atoms with Gasteiger partial charge in [-0.1, -0.05) is 6.58 Å². The van der Waals surface area contributed by atoms with Gasteiger partial charge in [0.15, 0.2) is 5.78 Å². The van der Waals surface area contributed by atoms with Crippen LogP contribution in [0.3, 0.4) is 0 Å². The lowest BCUT2D eigenvalue weighted by molar-refractivity contribution is -0.116. The molecule has 0 spiro atoms. The smallest absolute Gasteiger partial charge is 0.157 e. The molecule has 2 nitrogen and oxygen atoms in total. The van der Waals surface area contributed by atoms with Gasteiger partial charge >= 0.3 is 0 Å². The fraction of sp³-hybridized carbons (Fsp3) is 0.375. The maximum absolute atomic E-state index is 10.6. The van der Waals surface area contributed by atoms with Gasteiger partial charge in [0.1, 0.15) is 0 Å². The van der Waals surface area contributed by atoms with Crippen LogP contribution in [-0.4, -0.2) is 17.0 Å². The van der Waals surface area contributed by atoms with Crippen molar-refractivity contribution in [1.29, 1.82) is 0 Å². The van der Waals surface area contributed by atoms with Crippen LogP contribution in [0.2, 0.25) is 0 Å². The molecule has 0 saturated heterocycles. The fourth-order valence-electron chi connectivity index (χ4n) is 0.524. The lowest BCUT2D eigenvalue weighted by Gasteiger charge is -2.01. The number of aliphatic hydroxyl groups is 1. The van der Waals surface area contributed by atoms with E-state index < -0.39 is 6.10 Å². The molecule has 54 valence electrons. The van der Waals surface area contributed by atoms with E-state index in [1.165, 1.54) is 6.08 Å². The number of ketones is 1. The number of aliphatic hydroxyl groups excluding tert-OH is 1. The molecule has 1 atom stereocenters. The molecular weight excluding hydrogens is 128 g/mol. The maximum Gasteiger partial charge on any atom is 0.157 e. The summed E-state index contributed by atoms with van der Waals surface area (Å²) in [5.74, 6) is 2.08. The average molecular weight is 138 g/mol. The van der Waals surface area contributed by atoms with Crippen molar-refractivity contribution in [1.82, 2.24) is 0 Å². The van der Waals surface area contributed by atoms with Gasteiger partial charge in [-0.15, -0.1) is 12.3 Å². The van der Waals surface area contributed by atoms with Crippen LogP contribution in [0.1, 0.15) is 12.8 Å². The first-order chi connectivity index (χ1) is 4.70. The van der Waals surface area contributed by atoms with Crippen molar-refractivity contribution >= 4 is 5.78 Å². The molecule has 0 fully saturated rings. The summed E-state index contributed by atoms with van der Waals surface area (Å²) in [5, 5.41) is 8.94. The Morgan fingerprint density at radius 2 is 2.50 bits per heavy atom. The van der Waals surface area contributed by atoms with Crippen molar-refractivity contribution < 1.29 is 9.90 Å². The second-order valence-corrected chi connectivity index (χ2v) is 1.94. The summed E-state index contributed by atoms with van der Waals surface area (Å²) in [7, 11) is 0. The molecule has 0 aliphatic heterocycles. The zero-order valence-electron chi connectivity index (χ0n) is 5.71. The van der Waals surface area contributed by atoms with Crippen LogP contribution in [0, 0.1) is 12.3 Å². The average Bonchev–Trinajstić information content (AvgIpc) is 1.88. The van der Waals surface area contributed by atoms with E-state index in [9.17, 15) is 4.79 Å². The normalized spacial score (nSPS) is 11.6. The van der Waals surface area contributed by atoms with E-state index in [2.05, 4.69) is 12.5 Å². The van der Waals surface area contributed by atoms with E-state index in [4.69, 9.17) is 11.5 Å². The second kappa shape index (κ2) is 4.78. The molecule has 0 unspecified atom stereocenters. The molecule has 0 heterocycles. The summed E-state index contributed by atoms with van der Waals surface area (Å²) >= 11 is 0. The summed E-state index contributed by atoms with van der Waals surface area (Å²) in [6.07, 6.45) is 5.67. The standard InChI is InChI=1S/C8H10O2/c1-3-5-8(10)6-7(9)4-2/h1,4,8,10H,2,5-6H2/t8-/m1/s1. The van der Waals surface area contributed by atoms with Gasteiger partial charge in [0.05, 0.1) is 6.10 Å². The Morgan fingerprint density at radius 1 is 1.90 bits per heavy atom. The van der Waals surface area contributed by atoms with E-state index in [0.29, 0.717) is 0 Å². The summed E-state index contributed by atoms with van der Waals surface area (Å²) in [6, 6.07) is 0. The molecule has 0 rings (SSSR count). The van der Waals surface area contributed by atoms with Gasteiger partial charge in [0.2, 0.25) is 0 Å². The first-order valence-corrected chi connectivity index (χ1v) is 2.97. The number of hydrogen-bond acceptors (Lipinski definition) is 2. The van der Waals surface area contributed by atoms with Crippen LogP contribution < -0.4 is 0 Å². The zero-order valence-corrected chi connectivity index (χ0v) is 5.71. The Labute approximate surface area is 60.6 Å². The Kier molecular flexibility index (Phi) is 4.26. The molecule has 1 N–H and O–H groups in total. The number of carbonyl (C=O) groups excluding carboxylic acids is 1. The molecule has 0 aromatic heterocycles. The number of carbonyl (C=O) groups is 1. The van der Waals surface area contributed by atoms with Gasteiger partial charge < -0.3 is 5.11 Å². The third-order valence-electron chi connectivity index (χ3n) is 1.02. The SMILES string of the molecule is C#CC[C@@H](O)CC(=O)C=C. The quantitative estimate of drug-likeness (QED) is 0.454. The molecule has 0 amide bonds. The van der Waals surface area contributed by atoms with Crippen molar-refractivity contribution in [2.45, 2.75) is 18.9 Å². The molecule has 0 aliphatic carbocycles. The minimum Gasteiger partial charge on any atom is -0.392 e. The highest BCUT2D eigenvalue weighted by atomic mass is 16.3. The minimum atomic E-state index is -0.713. The van der Waals surface area contributed by atoms with E-state index >= 15 is 0 Å². The summed E-state index contributed by atoms with van der Waals surface area (Å²) in [5.41, 5.74) is 0. The Hall–Kier alpha value is -1.07. The van der Waals surface area contributed by atoms with E-state index in [1.54, 1.807) is 0 Å². The number of hydrogen-bond donors (Lipinski definition) is 1. The highest BCUT2D eigenvalue weighted by Crippen LogP contribution is 1.97. The summed E-state index contributed by atoms with van der Waals surface area (Å²) in [4.78, 5) is 10.6. The molecule has 0 radical (unpaired) electrons. The minimum absolute atomic E-state index is 0.0771. The molecular formula is C8H10O2. The first kappa shape index (κ1) is 8.93. The topological polar surface area (TPSA) is 37.3 Å². The third kappa shape index (κ3) is 3.88. The fourth-order valence-corrected chi connectivity index (χ4v) is 0.524. The molecule has 2 heteroatoms. The number of rotatable bonds is 4. The van der Waals surface area contributed by atoms with Gasteiger partial charge in [0.25, 0.3) is 0 Å². The monoisotopic (exact) mass is 138 g/mol. The van der Waals surface area contributed by atoms with Gasteiger partial charge in [-0.25, -0.2) is 0 Å². The van der Waals surface area contributed by atoms with Gasteiger partial charge in [0, 0.05) is 12.8 Å². The molecule has 10 heavy (non-hydrogen) atoms. The van der Waals surface area contributed by atoms with Crippen LogP contribution in [0.4, 0.5) is 0 Å². The lowest BCUT2D eigenvalue weighted by atomic mass is 10.1. The first-order valence-electron chi connectivity index (χ1n) is 2.97. The predicted octanol–water partition coefficient (Wildman–Crippen LogP) is 0.516. The largest absolute Gasteiger partial charge is 0.392 e. The van der Waals surface area contributed by atoms with Crippen molar-refractivity contribution in [3.05, 3.63) is 12.7 Å². The molecule has 0 aromatic carbocycles. The van der Waals surface area contributed by atoms with Crippen molar-refractivity contribution in [2.75, 3.05) is 0 Å². The van der Waals surface area contributed by atoms with Crippen LogP contribution >= 0.6 is 0 Å². The molecule has 0 aliphatic rings. The Balaban J connectivity index is 3.58. The van der Waals surface area contributed by atoms with E-state index in [1.807, 2.05) is 0 Å². The third-order valence-corrected chi connectivity index (χ3v) is 1.02. The van der Waals surface area contributed by atoms with Gasteiger partial charge in [-0.3, -0.25) is 4.79 Å². The van der Waals surface area contributed by atoms with Crippen molar-refractivity contribution in [2.24, 2.45) is 0 Å². The second-order valence-electron chi connectivity index (χ2n) is 1.94. The van der Waals surface area contributed by atoms with Crippen molar-refractivity contribution in [3.8, 4) is 12.3 Å². The number of terminal acetylenes is 1. The molecule has 0 bridgehead atoms. The predicted molar refractivity (Wildman–Crippen MR) is 39.3 cm³/mol. The Morgan fingerprint density at radius 3 is 2.90 bits per heavy atom. The van der Waals surface area contributed by atoms with Gasteiger partial charge in [-0.2, -0.15) is 0 Å². The molecule has 0 saturated carbocycles. The van der Waals surface area contributed by atoms with Crippen LogP contribution in [0.25, 0.3) is 0 Å². The van der Waals surface area contributed by atoms with Crippen LogP contribution in [0.5, 0.6) is 0 Å². The number of allylic oxidation sites excluding steroid dienone is 1.